The first-order chi connectivity index (χ1) is 31.7. The van der Waals surface area contributed by atoms with Crippen LogP contribution in [0.2, 0.25) is 0 Å². The number of anilines is 3. The highest BCUT2D eigenvalue weighted by molar-refractivity contribution is 7.25. The monoisotopic (exact) mass is 831 g/mol. The lowest BCUT2D eigenvalue weighted by Crippen LogP contribution is -2.11. The maximum absolute atomic E-state index is 2.41. The molecule has 1 aromatic heterocycles. The number of thiophene rings is 1. The number of benzene rings is 11. The molecule has 0 spiro atoms. The number of nitrogens with zero attached hydrogens (tertiary/aromatic N) is 1. The van der Waals surface area contributed by atoms with Gasteiger partial charge >= 0.3 is 0 Å². The minimum absolute atomic E-state index is 1.10. The van der Waals surface area contributed by atoms with Gasteiger partial charge in [-0.05, 0) is 120 Å². The van der Waals surface area contributed by atoms with Crippen molar-refractivity contribution in [1.82, 2.24) is 0 Å². The zero-order valence-corrected chi connectivity index (χ0v) is 35.8. The van der Waals surface area contributed by atoms with E-state index in [1.807, 2.05) is 11.3 Å². The van der Waals surface area contributed by atoms with Gasteiger partial charge in [-0.15, -0.1) is 11.3 Å². The lowest BCUT2D eigenvalue weighted by atomic mass is 9.96. The summed E-state index contributed by atoms with van der Waals surface area (Å²) < 4.78 is 2.62. The van der Waals surface area contributed by atoms with Crippen molar-refractivity contribution in [3.05, 3.63) is 249 Å². The van der Waals surface area contributed by atoms with E-state index in [0.717, 1.165) is 17.1 Å². The molecular weight excluding hydrogens is 791 g/mol. The highest BCUT2D eigenvalue weighted by Crippen LogP contribution is 2.44. The van der Waals surface area contributed by atoms with Crippen LogP contribution in [0.4, 0.5) is 17.1 Å². The first-order valence-electron chi connectivity index (χ1n) is 21.9. The van der Waals surface area contributed by atoms with Crippen LogP contribution in [0, 0.1) is 0 Å². The lowest BCUT2D eigenvalue weighted by molar-refractivity contribution is 1.28. The predicted molar refractivity (Wildman–Crippen MR) is 276 cm³/mol. The highest BCUT2D eigenvalue weighted by atomic mass is 32.1. The number of rotatable bonds is 8. The second-order valence-corrected chi connectivity index (χ2v) is 17.5. The molecule has 300 valence electrons. The molecule has 64 heavy (non-hydrogen) atoms. The molecule has 0 unspecified atom stereocenters. The van der Waals surface area contributed by atoms with Gasteiger partial charge in [0.25, 0.3) is 0 Å². The van der Waals surface area contributed by atoms with Crippen LogP contribution >= 0.6 is 11.3 Å². The third-order valence-corrected chi connectivity index (χ3v) is 13.9. The van der Waals surface area contributed by atoms with Crippen LogP contribution in [0.25, 0.3) is 97.4 Å². The van der Waals surface area contributed by atoms with Crippen molar-refractivity contribution in [2.45, 2.75) is 0 Å². The molecule has 0 aliphatic rings. The smallest absolute Gasteiger partial charge is 0.0540 e. The highest BCUT2D eigenvalue weighted by Gasteiger charge is 2.19. The van der Waals surface area contributed by atoms with Crippen LogP contribution in [0.1, 0.15) is 0 Å². The van der Waals surface area contributed by atoms with E-state index in [1.165, 1.54) is 97.4 Å². The maximum atomic E-state index is 2.41. The Morgan fingerprint density at radius 3 is 1.20 bits per heavy atom. The molecule has 12 rings (SSSR count). The van der Waals surface area contributed by atoms with Gasteiger partial charge in [0.2, 0.25) is 0 Å². The van der Waals surface area contributed by atoms with Crippen LogP contribution in [0.15, 0.2) is 249 Å². The van der Waals surface area contributed by atoms with Crippen LogP contribution in [-0.4, -0.2) is 0 Å². The summed E-state index contributed by atoms with van der Waals surface area (Å²) in [5, 5.41) is 7.66. The molecule has 0 radical (unpaired) electrons. The first-order valence-corrected chi connectivity index (χ1v) is 22.7. The Morgan fingerprint density at radius 2 is 0.641 bits per heavy atom. The van der Waals surface area contributed by atoms with E-state index in [4.69, 9.17) is 0 Å². The zero-order chi connectivity index (χ0) is 42.4. The third-order valence-electron chi connectivity index (χ3n) is 12.7. The molecule has 0 aliphatic heterocycles. The quantitative estimate of drug-likeness (QED) is 0.147. The summed E-state index contributed by atoms with van der Waals surface area (Å²) in [6.45, 7) is 0. The number of fused-ring (bicyclic) bond motifs is 5. The largest absolute Gasteiger partial charge is 0.310 e. The molecule has 2 heteroatoms. The fraction of sp³-hybridized carbons (Fsp3) is 0. The number of hydrogen-bond donors (Lipinski definition) is 0. The van der Waals surface area contributed by atoms with Gasteiger partial charge in [0, 0.05) is 37.1 Å². The van der Waals surface area contributed by atoms with Crippen molar-refractivity contribution >= 4 is 70.1 Å². The molecule has 0 amide bonds. The van der Waals surface area contributed by atoms with Gasteiger partial charge in [-0.25, -0.2) is 0 Å². The average molecular weight is 832 g/mol. The zero-order valence-electron chi connectivity index (χ0n) is 35.0. The van der Waals surface area contributed by atoms with Gasteiger partial charge < -0.3 is 4.90 Å². The maximum Gasteiger partial charge on any atom is 0.0540 e. The molecule has 11 aromatic carbocycles. The molecule has 0 atom stereocenters. The second-order valence-electron chi connectivity index (χ2n) is 16.5. The van der Waals surface area contributed by atoms with E-state index in [1.54, 1.807) is 0 Å². The average Bonchev–Trinajstić information content (AvgIpc) is 3.75. The van der Waals surface area contributed by atoms with E-state index in [2.05, 4.69) is 254 Å². The molecule has 0 saturated carbocycles. The number of para-hydroxylation sites is 1. The Hall–Kier alpha value is -8.04. The van der Waals surface area contributed by atoms with Crippen molar-refractivity contribution in [3.8, 4) is 55.6 Å². The fourth-order valence-electron chi connectivity index (χ4n) is 9.48. The van der Waals surface area contributed by atoms with Gasteiger partial charge in [0.15, 0.2) is 0 Å². The standard InChI is InChI=1S/C62H41NS/c1-3-15-53-46(11-1)13-9-19-55(53)48-27-23-42(24-28-48)44-31-36-51(37-32-44)63(60-21-7-5-17-57(60)50-35-40-62-59(41-50)58-18-6-8-22-61(58)64-62)52-38-33-45(34-39-52)43-25-29-49(30-26-43)56-20-10-14-47-12-2-4-16-54(47)56/h1-41H. The van der Waals surface area contributed by atoms with Crippen LogP contribution in [-0.2, 0) is 0 Å². The summed E-state index contributed by atoms with van der Waals surface area (Å²) in [6, 6.07) is 90.9. The Labute approximate surface area is 377 Å². The van der Waals surface area contributed by atoms with E-state index < -0.39 is 0 Å². The molecule has 0 aliphatic carbocycles. The predicted octanol–water partition coefficient (Wildman–Crippen LogP) is 18.2. The van der Waals surface area contributed by atoms with Crippen molar-refractivity contribution < 1.29 is 0 Å². The van der Waals surface area contributed by atoms with Gasteiger partial charge in [-0.2, -0.15) is 0 Å². The Balaban J connectivity index is 0.914. The van der Waals surface area contributed by atoms with Gasteiger partial charge in [-0.1, -0.05) is 200 Å². The molecule has 1 heterocycles. The van der Waals surface area contributed by atoms with Crippen molar-refractivity contribution in [2.24, 2.45) is 0 Å². The Bertz CT molecular complexity index is 3460. The summed E-state index contributed by atoms with van der Waals surface area (Å²) >= 11 is 1.86. The molecule has 0 bridgehead atoms. The van der Waals surface area contributed by atoms with Crippen molar-refractivity contribution in [3.63, 3.8) is 0 Å². The summed E-state index contributed by atoms with van der Waals surface area (Å²) in [5.74, 6) is 0. The van der Waals surface area contributed by atoms with E-state index in [-0.39, 0.29) is 0 Å². The summed E-state index contributed by atoms with van der Waals surface area (Å²) in [6.07, 6.45) is 0. The van der Waals surface area contributed by atoms with E-state index in [0.29, 0.717) is 0 Å². The first kappa shape index (κ1) is 37.7. The van der Waals surface area contributed by atoms with E-state index >= 15 is 0 Å². The van der Waals surface area contributed by atoms with Crippen LogP contribution < -0.4 is 4.90 Å². The topological polar surface area (TPSA) is 3.24 Å². The molecule has 0 fully saturated rings. The summed E-state index contributed by atoms with van der Waals surface area (Å²) in [5.41, 5.74) is 15.4. The second kappa shape index (κ2) is 16.0. The third kappa shape index (κ3) is 6.82. The minimum Gasteiger partial charge on any atom is -0.310 e. The Kier molecular flexibility index (Phi) is 9.43. The Morgan fingerprint density at radius 1 is 0.250 bits per heavy atom. The van der Waals surface area contributed by atoms with Crippen molar-refractivity contribution in [1.29, 1.82) is 0 Å². The SMILES string of the molecule is c1ccc(N(c2ccc(-c3ccc(-c4cccc5ccccc45)cc3)cc2)c2ccc(-c3ccc(-c4cccc5ccccc45)cc3)cc2)c(-c2ccc3sc4ccccc4c3c2)c1. The van der Waals surface area contributed by atoms with E-state index in [9.17, 15) is 0 Å². The van der Waals surface area contributed by atoms with Gasteiger partial charge in [0.05, 0.1) is 5.69 Å². The van der Waals surface area contributed by atoms with Crippen LogP contribution in [0.3, 0.4) is 0 Å². The number of hydrogen-bond acceptors (Lipinski definition) is 2. The van der Waals surface area contributed by atoms with Gasteiger partial charge in [-0.3, -0.25) is 0 Å². The molecule has 0 N–H and O–H groups in total. The summed E-state index contributed by atoms with van der Waals surface area (Å²) in [4.78, 5) is 2.41. The minimum atomic E-state index is 1.10. The normalized spacial score (nSPS) is 11.4. The van der Waals surface area contributed by atoms with Crippen LogP contribution in [0.5, 0.6) is 0 Å². The lowest BCUT2D eigenvalue weighted by Gasteiger charge is -2.28. The fourth-order valence-corrected chi connectivity index (χ4v) is 10.6. The molecule has 0 saturated heterocycles. The van der Waals surface area contributed by atoms with Crippen molar-refractivity contribution in [2.75, 3.05) is 4.90 Å². The van der Waals surface area contributed by atoms with Gasteiger partial charge in [0.1, 0.15) is 0 Å². The molecule has 12 aromatic rings. The summed E-state index contributed by atoms with van der Waals surface area (Å²) in [7, 11) is 0. The molecule has 1 nitrogen and oxygen atoms in total. The molecular formula is C62H41NS.